The molecule has 142 valence electrons. The molecule has 1 unspecified atom stereocenters. The Morgan fingerprint density at radius 2 is 2.04 bits per heavy atom. The maximum absolute atomic E-state index is 12.7. The Morgan fingerprint density at radius 3 is 2.56 bits per heavy atom. The molecule has 0 saturated carbocycles. The molecule has 0 aromatic carbocycles. The third kappa shape index (κ3) is 5.83. The van der Waals surface area contributed by atoms with Gasteiger partial charge in [0.15, 0.2) is 9.84 Å². The lowest BCUT2D eigenvalue weighted by atomic mass is 9.97. The summed E-state index contributed by atoms with van der Waals surface area (Å²) in [7, 11) is -3.04. The fraction of sp³-hybridized carbons (Fsp3) is 0.778. The Bertz CT molecular complexity index is 627. The molecule has 0 radical (unpaired) electrons. The van der Waals surface area contributed by atoms with Crippen LogP contribution in [0, 0.1) is 0 Å². The highest BCUT2D eigenvalue weighted by molar-refractivity contribution is 7.91. The van der Waals surface area contributed by atoms with Crippen LogP contribution in [0.25, 0.3) is 0 Å². The fourth-order valence-electron chi connectivity index (χ4n) is 3.67. The van der Waals surface area contributed by atoms with Gasteiger partial charge in [0.1, 0.15) is 0 Å². The second-order valence-corrected chi connectivity index (χ2v) is 9.26. The van der Waals surface area contributed by atoms with Gasteiger partial charge in [0, 0.05) is 26.1 Å². The summed E-state index contributed by atoms with van der Waals surface area (Å²) in [4.78, 5) is 27.8. The monoisotopic (exact) mass is 370 g/mol. The number of carbonyl (C=O) groups excluding carboxylic acids is 2. The number of carbonyl (C=O) groups is 2. The summed E-state index contributed by atoms with van der Waals surface area (Å²) >= 11 is 0. The first kappa shape index (κ1) is 19.9. The summed E-state index contributed by atoms with van der Waals surface area (Å²) in [5.41, 5.74) is 1.37. The van der Waals surface area contributed by atoms with E-state index in [1.165, 1.54) is 25.3 Å². The zero-order valence-electron chi connectivity index (χ0n) is 15.4. The van der Waals surface area contributed by atoms with Crippen LogP contribution in [0.15, 0.2) is 11.6 Å². The van der Waals surface area contributed by atoms with Gasteiger partial charge in [-0.1, -0.05) is 11.6 Å². The average molecular weight is 371 g/mol. The first-order chi connectivity index (χ1) is 11.8. The smallest absolute Gasteiger partial charge is 0.242 e. The normalized spacial score (nSPS) is 22.3. The van der Waals surface area contributed by atoms with Gasteiger partial charge in [-0.25, -0.2) is 8.42 Å². The van der Waals surface area contributed by atoms with E-state index in [2.05, 4.69) is 6.08 Å². The standard InChI is InChI=1S/C18H30N2O4S/c1-3-20(17-10-12-25(23,24)14-17)18(22)13-19(15(2)21)11-9-16-7-5-4-6-8-16/h7,17H,3-6,8-14H2,1-2H3. The van der Waals surface area contributed by atoms with Gasteiger partial charge >= 0.3 is 0 Å². The maximum atomic E-state index is 12.7. The van der Waals surface area contributed by atoms with E-state index in [0.29, 0.717) is 19.5 Å². The van der Waals surface area contributed by atoms with Crippen molar-refractivity contribution in [1.82, 2.24) is 9.80 Å². The minimum atomic E-state index is -3.04. The van der Waals surface area contributed by atoms with Crippen molar-refractivity contribution in [3.05, 3.63) is 11.6 Å². The van der Waals surface area contributed by atoms with Crippen molar-refractivity contribution >= 4 is 21.7 Å². The number of allylic oxidation sites excluding steroid dienone is 1. The molecule has 6 nitrogen and oxygen atoms in total. The number of hydrogen-bond acceptors (Lipinski definition) is 4. The van der Waals surface area contributed by atoms with Gasteiger partial charge in [-0.05, 0) is 45.4 Å². The molecule has 1 aliphatic heterocycles. The summed E-state index contributed by atoms with van der Waals surface area (Å²) in [5, 5.41) is 0. The highest BCUT2D eigenvalue weighted by Gasteiger charge is 2.34. The topological polar surface area (TPSA) is 74.8 Å². The third-order valence-corrected chi connectivity index (χ3v) is 6.92. The van der Waals surface area contributed by atoms with E-state index in [9.17, 15) is 18.0 Å². The van der Waals surface area contributed by atoms with Gasteiger partial charge in [0.2, 0.25) is 11.8 Å². The lowest BCUT2D eigenvalue weighted by Gasteiger charge is -2.30. The van der Waals surface area contributed by atoms with Crippen LogP contribution in [-0.4, -0.2) is 67.2 Å². The van der Waals surface area contributed by atoms with Gasteiger partial charge in [-0.2, -0.15) is 0 Å². The van der Waals surface area contributed by atoms with E-state index in [4.69, 9.17) is 0 Å². The minimum absolute atomic E-state index is 0.0347. The highest BCUT2D eigenvalue weighted by atomic mass is 32.2. The summed E-state index contributed by atoms with van der Waals surface area (Å²) in [6.45, 7) is 4.39. The summed E-state index contributed by atoms with van der Waals surface area (Å²) in [6, 6.07) is -0.252. The molecule has 0 aromatic rings. The zero-order chi connectivity index (χ0) is 18.4. The number of likely N-dealkylation sites (N-methyl/N-ethyl adjacent to an activating group) is 1. The molecular weight excluding hydrogens is 340 g/mol. The van der Waals surface area contributed by atoms with Crippen LogP contribution in [0.5, 0.6) is 0 Å². The molecule has 2 aliphatic rings. The first-order valence-electron chi connectivity index (χ1n) is 9.25. The molecule has 1 aliphatic carbocycles. The van der Waals surface area contributed by atoms with Crippen LogP contribution in [0.3, 0.4) is 0 Å². The Morgan fingerprint density at radius 1 is 1.28 bits per heavy atom. The second kappa shape index (κ2) is 8.83. The predicted octanol–water partition coefficient (Wildman–Crippen LogP) is 1.76. The van der Waals surface area contributed by atoms with Crippen LogP contribution in [0.4, 0.5) is 0 Å². The average Bonchev–Trinajstić information content (AvgIpc) is 2.92. The van der Waals surface area contributed by atoms with Crippen molar-refractivity contribution in [2.24, 2.45) is 0 Å². The lowest BCUT2D eigenvalue weighted by Crippen LogP contribution is -2.47. The molecule has 25 heavy (non-hydrogen) atoms. The molecule has 1 fully saturated rings. The molecule has 2 rings (SSSR count). The van der Waals surface area contributed by atoms with Gasteiger partial charge in [0.25, 0.3) is 0 Å². The van der Waals surface area contributed by atoms with Crippen molar-refractivity contribution in [2.45, 2.75) is 58.4 Å². The van der Waals surface area contributed by atoms with E-state index in [1.54, 1.807) is 9.80 Å². The quantitative estimate of drug-likeness (QED) is 0.640. The summed E-state index contributed by atoms with van der Waals surface area (Å²) in [6.07, 6.45) is 8.19. The van der Waals surface area contributed by atoms with Crippen LogP contribution in [0.2, 0.25) is 0 Å². The first-order valence-corrected chi connectivity index (χ1v) is 11.1. The molecule has 1 saturated heterocycles. The number of hydrogen-bond donors (Lipinski definition) is 0. The van der Waals surface area contributed by atoms with Gasteiger partial charge in [-0.15, -0.1) is 0 Å². The van der Waals surface area contributed by atoms with Crippen molar-refractivity contribution in [1.29, 1.82) is 0 Å². The van der Waals surface area contributed by atoms with E-state index in [0.717, 1.165) is 19.3 Å². The SMILES string of the molecule is CCN(C(=O)CN(CCC1=CCCCC1)C(C)=O)C1CCS(=O)(=O)C1. The van der Waals surface area contributed by atoms with E-state index >= 15 is 0 Å². The Labute approximate surface area is 151 Å². The summed E-state index contributed by atoms with van der Waals surface area (Å²) in [5.74, 6) is -0.0803. The lowest BCUT2D eigenvalue weighted by molar-refractivity contribution is -0.140. The molecule has 0 bridgehead atoms. The van der Waals surface area contributed by atoms with E-state index in [1.807, 2.05) is 6.92 Å². The van der Waals surface area contributed by atoms with Gasteiger partial charge < -0.3 is 9.80 Å². The van der Waals surface area contributed by atoms with Crippen LogP contribution < -0.4 is 0 Å². The molecule has 1 heterocycles. The van der Waals surface area contributed by atoms with Crippen LogP contribution in [-0.2, 0) is 19.4 Å². The van der Waals surface area contributed by atoms with Crippen molar-refractivity contribution in [2.75, 3.05) is 31.1 Å². The number of nitrogens with zero attached hydrogens (tertiary/aromatic N) is 2. The van der Waals surface area contributed by atoms with Gasteiger partial charge in [-0.3, -0.25) is 9.59 Å². The Hall–Kier alpha value is -1.37. The second-order valence-electron chi connectivity index (χ2n) is 7.04. The van der Waals surface area contributed by atoms with Crippen LogP contribution >= 0.6 is 0 Å². The van der Waals surface area contributed by atoms with E-state index < -0.39 is 9.84 Å². The predicted molar refractivity (Wildman–Crippen MR) is 97.9 cm³/mol. The number of rotatable bonds is 7. The highest BCUT2D eigenvalue weighted by Crippen LogP contribution is 2.21. The number of sulfone groups is 1. The Kier molecular flexibility index (Phi) is 7.04. The fourth-order valence-corrected chi connectivity index (χ4v) is 5.40. The van der Waals surface area contributed by atoms with Crippen LogP contribution in [0.1, 0.15) is 52.4 Å². The molecule has 0 spiro atoms. The van der Waals surface area contributed by atoms with Crippen molar-refractivity contribution in [3.63, 3.8) is 0 Å². The summed E-state index contributed by atoms with van der Waals surface area (Å²) < 4.78 is 23.4. The van der Waals surface area contributed by atoms with Crippen molar-refractivity contribution in [3.8, 4) is 0 Å². The molecule has 2 amide bonds. The zero-order valence-corrected chi connectivity index (χ0v) is 16.2. The van der Waals surface area contributed by atoms with Crippen molar-refractivity contribution < 1.29 is 18.0 Å². The molecule has 0 aromatic heterocycles. The largest absolute Gasteiger partial charge is 0.337 e. The maximum Gasteiger partial charge on any atom is 0.242 e. The molecule has 0 N–H and O–H groups in total. The van der Waals surface area contributed by atoms with E-state index in [-0.39, 0.29) is 35.9 Å². The number of amides is 2. The molecular formula is C18H30N2O4S. The Balaban J connectivity index is 1.93. The molecule has 7 heteroatoms. The van der Waals surface area contributed by atoms with Gasteiger partial charge in [0.05, 0.1) is 18.1 Å². The minimum Gasteiger partial charge on any atom is -0.337 e. The molecule has 1 atom stereocenters. The third-order valence-electron chi connectivity index (χ3n) is 5.17.